The maximum Gasteiger partial charge on any atom is 0.275 e. The molecule has 0 aliphatic rings. The fourth-order valence-electron chi connectivity index (χ4n) is 2.00. The lowest BCUT2D eigenvalue weighted by Crippen LogP contribution is -2.92. The van der Waals surface area contributed by atoms with Gasteiger partial charge in [0.1, 0.15) is 6.04 Å². The van der Waals surface area contributed by atoms with Crippen molar-refractivity contribution in [3.05, 3.63) is 57.8 Å². The van der Waals surface area contributed by atoms with Gasteiger partial charge in [-0.25, -0.2) is 0 Å². The lowest BCUT2D eigenvalue weighted by Gasteiger charge is -2.18. The number of thiophene rings is 1. The monoisotopic (exact) mass is 275 g/mol. The second-order valence-electron chi connectivity index (χ2n) is 4.79. The first kappa shape index (κ1) is 13.8. The van der Waals surface area contributed by atoms with Crippen molar-refractivity contribution < 1.29 is 10.1 Å². The predicted molar refractivity (Wildman–Crippen MR) is 77.9 cm³/mol. The maximum atomic E-state index is 11.3. The number of carbonyl (C=O) groups excluding carboxylic acids is 1. The zero-order valence-corrected chi connectivity index (χ0v) is 12.0. The zero-order valence-electron chi connectivity index (χ0n) is 11.2. The Bertz CT molecular complexity index is 534. The lowest BCUT2D eigenvalue weighted by atomic mass is 10.0. The summed E-state index contributed by atoms with van der Waals surface area (Å²) in [6.07, 6.45) is 0. The highest BCUT2D eigenvalue weighted by molar-refractivity contribution is 7.10. The van der Waals surface area contributed by atoms with Gasteiger partial charge in [0, 0.05) is 5.56 Å². The van der Waals surface area contributed by atoms with E-state index < -0.39 is 0 Å². The third-order valence-electron chi connectivity index (χ3n) is 3.22. The average Bonchev–Trinajstić information content (AvgIpc) is 2.90. The number of aryl methyl sites for hydroxylation is 1. The topological polar surface area (TPSA) is 59.7 Å². The van der Waals surface area contributed by atoms with Gasteiger partial charge in [-0.3, -0.25) is 4.79 Å². The van der Waals surface area contributed by atoms with Crippen molar-refractivity contribution >= 4 is 17.2 Å². The van der Waals surface area contributed by atoms with E-state index in [0.717, 1.165) is 0 Å². The number of carbonyl (C=O) groups is 1. The van der Waals surface area contributed by atoms with Crippen molar-refractivity contribution in [1.82, 2.24) is 0 Å². The molecule has 19 heavy (non-hydrogen) atoms. The molecule has 4 N–H and O–H groups in total. The summed E-state index contributed by atoms with van der Waals surface area (Å²) in [5.74, 6) is -0.284. The van der Waals surface area contributed by atoms with E-state index in [9.17, 15) is 4.79 Å². The van der Waals surface area contributed by atoms with Crippen LogP contribution in [0.1, 0.15) is 29.0 Å². The van der Waals surface area contributed by atoms with Gasteiger partial charge in [-0.2, -0.15) is 0 Å². The first-order valence-electron chi connectivity index (χ1n) is 6.32. The van der Waals surface area contributed by atoms with E-state index in [1.54, 1.807) is 11.3 Å². The maximum absolute atomic E-state index is 11.3. The van der Waals surface area contributed by atoms with Crippen LogP contribution < -0.4 is 11.1 Å². The van der Waals surface area contributed by atoms with Crippen LogP contribution in [0.25, 0.3) is 0 Å². The molecule has 0 saturated carbocycles. The molecule has 0 spiro atoms. The van der Waals surface area contributed by atoms with Gasteiger partial charge in [-0.1, -0.05) is 35.9 Å². The Balaban J connectivity index is 2.29. The molecular formula is C15H19N2OS+. The Kier molecular flexibility index (Phi) is 4.35. The van der Waals surface area contributed by atoms with Crippen molar-refractivity contribution in [2.24, 2.45) is 5.73 Å². The van der Waals surface area contributed by atoms with E-state index >= 15 is 0 Å². The molecule has 1 amide bonds. The van der Waals surface area contributed by atoms with Gasteiger partial charge in [0.25, 0.3) is 5.91 Å². The van der Waals surface area contributed by atoms with Crippen LogP contribution in [0.4, 0.5) is 0 Å². The molecule has 0 saturated heterocycles. The summed E-state index contributed by atoms with van der Waals surface area (Å²) >= 11 is 1.70. The first-order valence-corrected chi connectivity index (χ1v) is 7.20. The molecule has 0 bridgehead atoms. The molecule has 2 rings (SSSR count). The summed E-state index contributed by atoms with van der Waals surface area (Å²) in [7, 11) is 0. The van der Waals surface area contributed by atoms with Crippen LogP contribution in [-0.2, 0) is 4.79 Å². The Morgan fingerprint density at radius 3 is 2.47 bits per heavy atom. The molecule has 0 aliphatic heterocycles. The van der Waals surface area contributed by atoms with Crippen LogP contribution in [0.2, 0.25) is 0 Å². The van der Waals surface area contributed by atoms with Gasteiger partial charge in [0.15, 0.2) is 6.04 Å². The van der Waals surface area contributed by atoms with Gasteiger partial charge in [0.05, 0.1) is 4.88 Å². The van der Waals surface area contributed by atoms with Crippen LogP contribution in [0.3, 0.4) is 0 Å². The van der Waals surface area contributed by atoms with Crippen LogP contribution in [0, 0.1) is 6.92 Å². The number of rotatable bonds is 5. The number of hydrogen-bond donors (Lipinski definition) is 2. The van der Waals surface area contributed by atoms with Crippen LogP contribution in [-0.4, -0.2) is 11.9 Å². The largest absolute Gasteiger partial charge is 0.365 e. The quantitative estimate of drug-likeness (QED) is 0.855. The van der Waals surface area contributed by atoms with E-state index in [-0.39, 0.29) is 18.0 Å². The zero-order chi connectivity index (χ0) is 13.8. The number of quaternary nitrogens is 1. The molecule has 0 fully saturated rings. The van der Waals surface area contributed by atoms with E-state index in [1.807, 2.05) is 18.3 Å². The summed E-state index contributed by atoms with van der Waals surface area (Å²) < 4.78 is 0. The third kappa shape index (κ3) is 3.43. The molecule has 0 radical (unpaired) electrons. The highest BCUT2D eigenvalue weighted by Gasteiger charge is 2.23. The number of hydrogen-bond acceptors (Lipinski definition) is 2. The lowest BCUT2D eigenvalue weighted by molar-refractivity contribution is -0.704. The van der Waals surface area contributed by atoms with Crippen molar-refractivity contribution in [3.63, 3.8) is 0 Å². The summed E-state index contributed by atoms with van der Waals surface area (Å²) in [4.78, 5) is 12.5. The van der Waals surface area contributed by atoms with E-state index in [1.165, 1.54) is 16.0 Å². The molecule has 2 aromatic rings. The van der Waals surface area contributed by atoms with Crippen LogP contribution in [0.5, 0.6) is 0 Å². The second-order valence-corrected chi connectivity index (χ2v) is 5.77. The van der Waals surface area contributed by atoms with Crippen molar-refractivity contribution in [1.29, 1.82) is 0 Å². The average molecular weight is 275 g/mol. The Morgan fingerprint density at radius 1 is 1.26 bits per heavy atom. The van der Waals surface area contributed by atoms with Gasteiger partial charge < -0.3 is 11.1 Å². The summed E-state index contributed by atoms with van der Waals surface area (Å²) in [6, 6.07) is 12.4. The summed E-state index contributed by atoms with van der Waals surface area (Å²) in [6.45, 7) is 3.91. The fourth-order valence-corrected chi connectivity index (χ4v) is 2.83. The molecule has 1 aromatic carbocycles. The molecule has 3 nitrogen and oxygen atoms in total. The minimum atomic E-state index is -0.284. The summed E-state index contributed by atoms with van der Waals surface area (Å²) in [5.41, 5.74) is 7.80. The van der Waals surface area contributed by atoms with E-state index in [4.69, 9.17) is 5.73 Å². The Morgan fingerprint density at radius 2 is 1.95 bits per heavy atom. The highest BCUT2D eigenvalue weighted by Crippen LogP contribution is 2.23. The van der Waals surface area contributed by atoms with Crippen molar-refractivity contribution in [2.75, 3.05) is 0 Å². The van der Waals surface area contributed by atoms with E-state index in [0.29, 0.717) is 0 Å². The van der Waals surface area contributed by atoms with Crippen LogP contribution >= 0.6 is 11.3 Å². The minimum absolute atomic E-state index is 0.128. The highest BCUT2D eigenvalue weighted by atomic mass is 32.1. The van der Waals surface area contributed by atoms with E-state index in [2.05, 4.69) is 42.6 Å². The van der Waals surface area contributed by atoms with Gasteiger partial charge in [0.2, 0.25) is 0 Å². The number of amides is 1. The number of primary amides is 1. The fraction of sp³-hybridized carbons (Fsp3) is 0.267. The molecule has 0 aliphatic carbocycles. The van der Waals surface area contributed by atoms with Crippen molar-refractivity contribution in [2.45, 2.75) is 25.9 Å². The first-order chi connectivity index (χ1) is 9.08. The number of nitrogens with two attached hydrogens (primary N) is 2. The Labute approximate surface area is 117 Å². The summed E-state index contributed by atoms with van der Waals surface area (Å²) in [5, 5.41) is 4.08. The van der Waals surface area contributed by atoms with Crippen molar-refractivity contribution in [3.8, 4) is 0 Å². The standard InChI is InChI=1S/C15H18N2OS/c1-10-5-7-12(8-6-10)14(13-4-3-9-19-13)17-11(2)15(16)18/h3-9,11,14,17H,1-2H3,(H2,16,18)/p+1/t11-,14+/m1/s1. The molecule has 2 atom stereocenters. The number of benzene rings is 1. The second kappa shape index (κ2) is 5.99. The van der Waals surface area contributed by atoms with Gasteiger partial charge in [-0.15, -0.1) is 11.3 Å². The van der Waals surface area contributed by atoms with Crippen LogP contribution in [0.15, 0.2) is 41.8 Å². The third-order valence-corrected chi connectivity index (χ3v) is 4.17. The molecule has 0 unspecified atom stereocenters. The molecule has 1 heterocycles. The predicted octanol–water partition coefficient (Wildman–Crippen LogP) is 1.58. The normalized spacial score (nSPS) is 14.0. The van der Waals surface area contributed by atoms with Gasteiger partial charge in [-0.05, 0) is 25.3 Å². The Hall–Kier alpha value is -1.65. The molecule has 4 heteroatoms. The minimum Gasteiger partial charge on any atom is -0.365 e. The molecule has 1 aromatic heterocycles. The smallest absolute Gasteiger partial charge is 0.275 e. The SMILES string of the molecule is Cc1ccc([C@H]([NH2+][C@H](C)C(N)=O)c2cccs2)cc1. The molecule has 100 valence electrons. The molecular weight excluding hydrogens is 256 g/mol. The van der Waals surface area contributed by atoms with Gasteiger partial charge >= 0.3 is 0 Å².